The van der Waals surface area contributed by atoms with Crippen LogP contribution >= 0.6 is 11.8 Å². The van der Waals surface area contributed by atoms with Gasteiger partial charge >= 0.3 is 0 Å². The van der Waals surface area contributed by atoms with Crippen LogP contribution < -0.4 is 10.1 Å². The molecule has 1 aromatic carbocycles. The molecule has 1 heterocycles. The number of rotatable bonds is 4. The number of thioether (sulfide) groups is 1. The van der Waals surface area contributed by atoms with E-state index in [-0.39, 0.29) is 24.8 Å². The van der Waals surface area contributed by atoms with E-state index in [4.69, 9.17) is 4.74 Å². The number of nitrogens with one attached hydrogen (secondary N) is 1. The summed E-state index contributed by atoms with van der Waals surface area (Å²) in [6.07, 6.45) is 0.247. The molecule has 0 atom stereocenters. The molecule has 0 saturated carbocycles. The van der Waals surface area contributed by atoms with Crippen LogP contribution in [0.15, 0.2) is 29.3 Å². The highest BCUT2D eigenvalue weighted by atomic mass is 32.2. The summed E-state index contributed by atoms with van der Waals surface area (Å²) in [6, 6.07) is 5.70. The number of hydrogen-bond donors (Lipinski definition) is 1. The molecule has 0 aromatic heterocycles. The second-order valence-corrected chi connectivity index (χ2v) is 4.72. The number of amides is 1. The summed E-state index contributed by atoms with van der Waals surface area (Å²) >= 11 is 1.54. The zero-order valence-electron chi connectivity index (χ0n) is 9.69. The molecule has 1 aliphatic rings. The Morgan fingerprint density at radius 3 is 2.89 bits per heavy atom. The third kappa shape index (κ3) is 4.03. The summed E-state index contributed by atoms with van der Waals surface area (Å²) in [6.45, 7) is 1.02. The molecule has 6 heteroatoms. The second kappa shape index (κ2) is 6.39. The molecule has 0 spiro atoms. The molecule has 1 amide bonds. The van der Waals surface area contributed by atoms with Crippen molar-refractivity contribution >= 4 is 22.8 Å². The van der Waals surface area contributed by atoms with Crippen molar-refractivity contribution in [3.05, 3.63) is 30.1 Å². The van der Waals surface area contributed by atoms with E-state index < -0.39 is 0 Å². The van der Waals surface area contributed by atoms with E-state index in [0.717, 1.165) is 12.3 Å². The number of carbonyl (C=O) groups excluding carboxylic acids is 1. The fourth-order valence-electron chi connectivity index (χ4n) is 1.38. The molecule has 0 unspecified atom stereocenters. The third-order valence-corrected chi connectivity index (χ3v) is 3.13. The normalized spacial score (nSPS) is 14.2. The van der Waals surface area contributed by atoms with Gasteiger partial charge in [-0.05, 0) is 24.3 Å². The maximum absolute atomic E-state index is 12.6. The summed E-state index contributed by atoms with van der Waals surface area (Å²) < 4.78 is 18.0. The number of ether oxygens (including phenoxy) is 1. The van der Waals surface area contributed by atoms with E-state index in [1.807, 2.05) is 0 Å². The summed E-state index contributed by atoms with van der Waals surface area (Å²) in [4.78, 5) is 15.6. The zero-order chi connectivity index (χ0) is 12.8. The van der Waals surface area contributed by atoms with Gasteiger partial charge in [0.25, 0.3) is 0 Å². The standard InChI is InChI=1S/C12H13FN2O2S/c13-9-1-3-10(4-2-9)17-7-5-11(16)15-12-14-6-8-18-12/h1-4H,5-8H2,(H,14,15,16). The molecule has 0 fully saturated rings. The largest absolute Gasteiger partial charge is 0.493 e. The second-order valence-electron chi connectivity index (χ2n) is 3.64. The van der Waals surface area contributed by atoms with Gasteiger partial charge in [-0.3, -0.25) is 9.79 Å². The number of carbonyl (C=O) groups is 1. The average molecular weight is 268 g/mol. The van der Waals surface area contributed by atoms with Crippen LogP contribution in [0.4, 0.5) is 4.39 Å². The van der Waals surface area contributed by atoms with Gasteiger partial charge in [-0.15, -0.1) is 0 Å². The Labute approximate surface area is 109 Å². The Kier molecular flexibility index (Phi) is 4.58. The quantitative estimate of drug-likeness (QED) is 0.906. The monoisotopic (exact) mass is 268 g/mol. The van der Waals surface area contributed by atoms with E-state index in [2.05, 4.69) is 10.3 Å². The Balaban J connectivity index is 1.68. The van der Waals surface area contributed by atoms with E-state index in [1.165, 1.54) is 36.0 Å². The average Bonchev–Trinajstić information content (AvgIpc) is 2.84. The lowest BCUT2D eigenvalue weighted by atomic mass is 10.3. The SMILES string of the molecule is O=C(CCOc1ccc(F)cc1)NC1=NCCS1. The molecule has 1 aliphatic heterocycles. The summed E-state index contributed by atoms with van der Waals surface area (Å²) in [5, 5.41) is 3.39. The van der Waals surface area contributed by atoms with Crippen LogP contribution in [0.2, 0.25) is 0 Å². The molecule has 2 rings (SSSR count). The van der Waals surface area contributed by atoms with Crippen molar-refractivity contribution in [1.29, 1.82) is 0 Å². The van der Waals surface area contributed by atoms with Crippen molar-refractivity contribution in [2.75, 3.05) is 18.9 Å². The molecule has 0 radical (unpaired) electrons. The highest BCUT2D eigenvalue weighted by Crippen LogP contribution is 2.11. The van der Waals surface area contributed by atoms with Gasteiger partial charge in [0.05, 0.1) is 19.6 Å². The minimum absolute atomic E-state index is 0.120. The first-order valence-corrected chi connectivity index (χ1v) is 6.58. The number of hydrogen-bond acceptors (Lipinski definition) is 4. The minimum atomic E-state index is -0.309. The molecule has 18 heavy (non-hydrogen) atoms. The van der Waals surface area contributed by atoms with Gasteiger partial charge in [-0.2, -0.15) is 0 Å². The van der Waals surface area contributed by atoms with Gasteiger partial charge < -0.3 is 10.1 Å². The van der Waals surface area contributed by atoms with Gasteiger partial charge in [0, 0.05) is 5.75 Å². The highest BCUT2D eigenvalue weighted by Gasteiger charge is 2.10. The maximum Gasteiger partial charge on any atom is 0.229 e. The van der Waals surface area contributed by atoms with Crippen molar-refractivity contribution in [1.82, 2.24) is 5.32 Å². The van der Waals surface area contributed by atoms with Crippen LogP contribution in [0, 0.1) is 5.82 Å². The van der Waals surface area contributed by atoms with Gasteiger partial charge in [0.15, 0.2) is 5.17 Å². The van der Waals surface area contributed by atoms with Crippen LogP contribution in [0.3, 0.4) is 0 Å². The molecule has 0 aliphatic carbocycles. The predicted octanol–water partition coefficient (Wildman–Crippen LogP) is 1.81. The van der Waals surface area contributed by atoms with E-state index in [1.54, 1.807) is 0 Å². The molecule has 96 valence electrons. The molecule has 0 bridgehead atoms. The van der Waals surface area contributed by atoms with Crippen LogP contribution in [-0.2, 0) is 4.79 Å². The topological polar surface area (TPSA) is 50.7 Å². The summed E-state index contributed by atoms with van der Waals surface area (Å²) in [5.74, 6) is 1.04. The Morgan fingerprint density at radius 2 is 2.22 bits per heavy atom. The number of benzene rings is 1. The lowest BCUT2D eigenvalue weighted by molar-refractivity contribution is -0.120. The fraction of sp³-hybridized carbons (Fsp3) is 0.333. The van der Waals surface area contributed by atoms with Crippen LogP contribution in [0.1, 0.15) is 6.42 Å². The van der Waals surface area contributed by atoms with E-state index in [9.17, 15) is 9.18 Å². The van der Waals surface area contributed by atoms with Gasteiger partial charge in [-0.25, -0.2) is 4.39 Å². The van der Waals surface area contributed by atoms with Crippen molar-refractivity contribution in [3.63, 3.8) is 0 Å². The molecule has 0 saturated heterocycles. The van der Waals surface area contributed by atoms with E-state index in [0.29, 0.717) is 10.9 Å². The van der Waals surface area contributed by atoms with Crippen LogP contribution in [-0.4, -0.2) is 30.0 Å². The van der Waals surface area contributed by atoms with Gasteiger partial charge in [0.1, 0.15) is 11.6 Å². The first-order valence-electron chi connectivity index (χ1n) is 5.59. The molecule has 1 N–H and O–H groups in total. The lowest BCUT2D eigenvalue weighted by Crippen LogP contribution is -2.28. The molecular weight excluding hydrogens is 255 g/mol. The predicted molar refractivity (Wildman–Crippen MR) is 69.4 cm³/mol. The minimum Gasteiger partial charge on any atom is -0.493 e. The zero-order valence-corrected chi connectivity index (χ0v) is 10.5. The lowest BCUT2D eigenvalue weighted by Gasteiger charge is -2.06. The Bertz CT molecular complexity index is 448. The number of nitrogens with zero attached hydrogens (tertiary/aromatic N) is 1. The third-order valence-electron chi connectivity index (χ3n) is 2.24. The van der Waals surface area contributed by atoms with Crippen molar-refractivity contribution in [3.8, 4) is 5.75 Å². The van der Waals surface area contributed by atoms with Crippen molar-refractivity contribution in [2.45, 2.75) is 6.42 Å². The van der Waals surface area contributed by atoms with Crippen LogP contribution in [0.25, 0.3) is 0 Å². The first-order chi connectivity index (χ1) is 8.74. The van der Waals surface area contributed by atoms with Crippen molar-refractivity contribution in [2.24, 2.45) is 4.99 Å². The fourth-order valence-corrected chi connectivity index (χ4v) is 2.13. The number of halogens is 1. The smallest absolute Gasteiger partial charge is 0.229 e. The summed E-state index contributed by atoms with van der Waals surface area (Å²) in [7, 11) is 0. The first kappa shape index (κ1) is 12.9. The van der Waals surface area contributed by atoms with E-state index >= 15 is 0 Å². The van der Waals surface area contributed by atoms with Gasteiger partial charge in [-0.1, -0.05) is 11.8 Å². The Morgan fingerprint density at radius 1 is 1.44 bits per heavy atom. The maximum atomic E-state index is 12.6. The molecular formula is C12H13FN2O2S. The van der Waals surface area contributed by atoms with Gasteiger partial charge in [0.2, 0.25) is 5.91 Å². The molecule has 4 nitrogen and oxygen atoms in total. The van der Waals surface area contributed by atoms with Crippen LogP contribution in [0.5, 0.6) is 5.75 Å². The summed E-state index contributed by atoms with van der Waals surface area (Å²) in [5.41, 5.74) is 0. The Hall–Kier alpha value is -1.56. The number of amidine groups is 1. The number of aliphatic imine (C=N–C) groups is 1. The molecule has 1 aromatic rings. The van der Waals surface area contributed by atoms with Crippen molar-refractivity contribution < 1.29 is 13.9 Å². The highest BCUT2D eigenvalue weighted by molar-refractivity contribution is 8.14.